The average Bonchev–Trinajstić information content (AvgIpc) is 2.85. The van der Waals surface area contributed by atoms with Crippen molar-refractivity contribution in [3.8, 4) is 0 Å². The van der Waals surface area contributed by atoms with Gasteiger partial charge in [-0.3, -0.25) is 4.79 Å². The van der Waals surface area contributed by atoms with Crippen molar-refractivity contribution >= 4 is 17.2 Å². The minimum atomic E-state index is 0.138. The van der Waals surface area contributed by atoms with Gasteiger partial charge in [0.05, 0.1) is 23.2 Å². The van der Waals surface area contributed by atoms with Crippen LogP contribution in [0.15, 0.2) is 0 Å². The number of hydrogen-bond donors (Lipinski definition) is 1. The Hall–Kier alpha value is -0.940. The Morgan fingerprint density at radius 3 is 2.95 bits per heavy atom. The zero-order valence-electron chi connectivity index (χ0n) is 14.3. The Morgan fingerprint density at radius 2 is 2.27 bits per heavy atom. The summed E-state index contributed by atoms with van der Waals surface area (Å²) in [4.78, 5) is 20.6. The molecule has 5 heteroatoms. The highest BCUT2D eigenvalue weighted by atomic mass is 32.1. The van der Waals surface area contributed by atoms with Crippen molar-refractivity contribution in [2.75, 3.05) is 13.1 Å². The van der Waals surface area contributed by atoms with Gasteiger partial charge in [0, 0.05) is 17.5 Å². The number of likely N-dealkylation sites (tertiary alicyclic amines) is 1. The molecule has 1 atom stereocenters. The molecule has 1 saturated heterocycles. The lowest BCUT2D eigenvalue weighted by molar-refractivity contribution is -0.127. The lowest BCUT2D eigenvalue weighted by atomic mass is 9.96. The highest BCUT2D eigenvalue weighted by Crippen LogP contribution is 2.21. The second-order valence-corrected chi connectivity index (χ2v) is 7.68. The van der Waals surface area contributed by atoms with E-state index in [-0.39, 0.29) is 11.8 Å². The highest BCUT2D eigenvalue weighted by molar-refractivity contribution is 7.11. The van der Waals surface area contributed by atoms with E-state index in [2.05, 4.69) is 36.0 Å². The molecule has 1 aromatic rings. The molecule has 2 rings (SSSR count). The summed E-state index contributed by atoms with van der Waals surface area (Å²) in [6.07, 6.45) is 4.28. The molecule has 0 radical (unpaired) electrons. The van der Waals surface area contributed by atoms with Gasteiger partial charge in [-0.1, -0.05) is 6.92 Å². The predicted octanol–water partition coefficient (Wildman–Crippen LogP) is 3.14. The Labute approximate surface area is 138 Å². The second-order valence-electron chi connectivity index (χ2n) is 6.51. The van der Waals surface area contributed by atoms with Gasteiger partial charge in [-0.2, -0.15) is 0 Å². The van der Waals surface area contributed by atoms with Crippen LogP contribution in [0, 0.1) is 12.8 Å². The van der Waals surface area contributed by atoms with E-state index in [0.717, 1.165) is 44.5 Å². The fraction of sp³-hybridized carbons (Fsp3) is 0.765. The molecule has 1 N–H and O–H groups in total. The highest BCUT2D eigenvalue weighted by Gasteiger charge is 2.26. The van der Waals surface area contributed by atoms with E-state index in [1.807, 2.05) is 6.92 Å². The van der Waals surface area contributed by atoms with Crippen LogP contribution in [-0.4, -0.2) is 34.9 Å². The number of carbonyl (C=O) groups excluding carboxylic acids is 1. The fourth-order valence-corrected chi connectivity index (χ4v) is 4.09. The van der Waals surface area contributed by atoms with E-state index < -0.39 is 0 Å². The lowest BCUT2D eigenvalue weighted by Gasteiger charge is -2.34. The van der Waals surface area contributed by atoms with Gasteiger partial charge in [0.25, 0.3) is 0 Å². The first-order chi connectivity index (χ1) is 10.5. The largest absolute Gasteiger partial charge is 0.351 e. The van der Waals surface area contributed by atoms with Crippen molar-refractivity contribution in [1.82, 2.24) is 15.2 Å². The predicted molar refractivity (Wildman–Crippen MR) is 92.1 cm³/mol. The van der Waals surface area contributed by atoms with Crippen molar-refractivity contribution in [2.45, 2.75) is 66.0 Å². The maximum Gasteiger partial charge on any atom is 0.224 e. The number of nitrogens with one attached hydrogen (secondary N) is 1. The van der Waals surface area contributed by atoms with E-state index >= 15 is 0 Å². The van der Waals surface area contributed by atoms with Crippen molar-refractivity contribution in [1.29, 1.82) is 0 Å². The van der Waals surface area contributed by atoms with Crippen LogP contribution in [0.3, 0.4) is 0 Å². The molecule has 124 valence electrons. The number of aromatic nitrogens is 1. The third-order valence-electron chi connectivity index (χ3n) is 4.38. The molecule has 1 aliphatic rings. The molecule has 0 unspecified atom stereocenters. The Morgan fingerprint density at radius 1 is 1.50 bits per heavy atom. The Bertz CT molecular complexity index is 498. The molecule has 4 nitrogen and oxygen atoms in total. The molecule has 0 aliphatic carbocycles. The van der Waals surface area contributed by atoms with E-state index in [9.17, 15) is 4.79 Å². The van der Waals surface area contributed by atoms with Crippen LogP contribution in [0.5, 0.6) is 0 Å². The minimum Gasteiger partial charge on any atom is -0.351 e. The van der Waals surface area contributed by atoms with Crippen LogP contribution in [-0.2, 0) is 17.8 Å². The molecule has 1 amide bonds. The molecule has 1 aromatic heterocycles. The number of nitrogens with zero attached hydrogens (tertiary/aromatic N) is 2. The number of thiazole rings is 1. The summed E-state index contributed by atoms with van der Waals surface area (Å²) in [5, 5.41) is 4.32. The molecular formula is C17H29N3OS. The quantitative estimate of drug-likeness (QED) is 0.875. The van der Waals surface area contributed by atoms with Gasteiger partial charge in [-0.05, 0) is 53.0 Å². The standard InChI is InChI=1S/C17H29N3OS/c1-5-7-16-19-13(4)15(22-16)10-18-17(21)14-8-6-9-20(11-14)12(2)3/h12,14H,5-11H2,1-4H3,(H,18,21)/t14-/m0/s1. The topological polar surface area (TPSA) is 45.2 Å². The van der Waals surface area contributed by atoms with Crippen molar-refractivity contribution in [3.63, 3.8) is 0 Å². The first-order valence-corrected chi connectivity index (χ1v) is 9.29. The van der Waals surface area contributed by atoms with Crippen molar-refractivity contribution in [3.05, 3.63) is 15.6 Å². The normalized spacial score (nSPS) is 19.6. The van der Waals surface area contributed by atoms with Crippen LogP contribution in [0.2, 0.25) is 0 Å². The third kappa shape index (κ3) is 4.53. The summed E-state index contributed by atoms with van der Waals surface area (Å²) in [5.74, 6) is 0.342. The van der Waals surface area contributed by atoms with E-state index in [4.69, 9.17) is 0 Å². The number of amides is 1. The summed E-state index contributed by atoms with van der Waals surface area (Å²) < 4.78 is 0. The number of piperidine rings is 1. The average molecular weight is 324 g/mol. The third-order valence-corrected chi connectivity index (χ3v) is 5.60. The molecule has 0 saturated carbocycles. The molecule has 0 spiro atoms. The van der Waals surface area contributed by atoms with Gasteiger partial charge >= 0.3 is 0 Å². The SMILES string of the molecule is CCCc1nc(C)c(CNC(=O)[C@H]2CCCN(C(C)C)C2)s1. The number of rotatable bonds is 6. The van der Waals surface area contributed by atoms with Gasteiger partial charge in [-0.25, -0.2) is 4.98 Å². The zero-order valence-corrected chi connectivity index (χ0v) is 15.1. The monoisotopic (exact) mass is 323 g/mol. The van der Waals surface area contributed by atoms with E-state index in [0.29, 0.717) is 12.6 Å². The molecule has 0 aromatic carbocycles. The first kappa shape index (κ1) is 17.4. The fourth-order valence-electron chi connectivity index (χ4n) is 2.97. The van der Waals surface area contributed by atoms with Crippen molar-refractivity contribution < 1.29 is 4.79 Å². The molecule has 22 heavy (non-hydrogen) atoms. The molecular weight excluding hydrogens is 294 g/mol. The van der Waals surface area contributed by atoms with Gasteiger partial charge in [-0.15, -0.1) is 11.3 Å². The van der Waals surface area contributed by atoms with Crippen LogP contribution >= 0.6 is 11.3 Å². The lowest BCUT2D eigenvalue weighted by Crippen LogP contribution is -2.45. The smallest absolute Gasteiger partial charge is 0.224 e. The first-order valence-electron chi connectivity index (χ1n) is 8.48. The zero-order chi connectivity index (χ0) is 16.1. The maximum absolute atomic E-state index is 12.4. The van der Waals surface area contributed by atoms with E-state index in [1.54, 1.807) is 11.3 Å². The number of hydrogen-bond acceptors (Lipinski definition) is 4. The van der Waals surface area contributed by atoms with Crippen LogP contribution in [0.1, 0.15) is 55.6 Å². The number of carbonyl (C=O) groups is 1. The maximum atomic E-state index is 12.4. The summed E-state index contributed by atoms with van der Waals surface area (Å²) >= 11 is 1.74. The van der Waals surface area contributed by atoms with Crippen LogP contribution in [0.25, 0.3) is 0 Å². The Kier molecular flexibility index (Phi) is 6.38. The van der Waals surface area contributed by atoms with Crippen molar-refractivity contribution in [2.24, 2.45) is 5.92 Å². The molecule has 0 bridgehead atoms. The van der Waals surface area contributed by atoms with E-state index in [1.165, 1.54) is 9.88 Å². The number of aryl methyl sites for hydroxylation is 2. The summed E-state index contributed by atoms with van der Waals surface area (Å²) in [6, 6.07) is 0.524. The summed E-state index contributed by atoms with van der Waals surface area (Å²) in [7, 11) is 0. The van der Waals surface area contributed by atoms with Gasteiger partial charge in [0.2, 0.25) is 5.91 Å². The molecule has 2 heterocycles. The van der Waals surface area contributed by atoms with Crippen LogP contribution in [0.4, 0.5) is 0 Å². The summed E-state index contributed by atoms with van der Waals surface area (Å²) in [5.41, 5.74) is 1.07. The summed E-state index contributed by atoms with van der Waals surface area (Å²) in [6.45, 7) is 11.3. The minimum absolute atomic E-state index is 0.138. The van der Waals surface area contributed by atoms with Gasteiger partial charge < -0.3 is 10.2 Å². The molecule has 1 fully saturated rings. The second kappa shape index (κ2) is 8.06. The van der Waals surface area contributed by atoms with Gasteiger partial charge in [0.1, 0.15) is 0 Å². The molecule has 1 aliphatic heterocycles. The Balaban J connectivity index is 1.87. The van der Waals surface area contributed by atoms with Crippen LogP contribution < -0.4 is 5.32 Å². The van der Waals surface area contributed by atoms with Gasteiger partial charge in [0.15, 0.2) is 0 Å².